The van der Waals surface area contributed by atoms with Gasteiger partial charge in [-0.05, 0) is 13.3 Å². The molecule has 0 rings (SSSR count). The van der Waals surface area contributed by atoms with E-state index in [4.69, 9.17) is 10.2 Å². The smallest absolute Gasteiger partial charge is 0.105 e. The van der Waals surface area contributed by atoms with Gasteiger partial charge in [-0.2, -0.15) is 0 Å². The molecule has 0 amide bonds. The van der Waals surface area contributed by atoms with Crippen LogP contribution in [0.25, 0.3) is 0 Å². The number of aliphatic hydroxyl groups is 3. The second-order valence-corrected chi connectivity index (χ2v) is 2.41. The topological polar surface area (TPSA) is 60.7 Å². The number of aliphatic hydroxyl groups excluding tert-OH is 2. The first-order valence-corrected chi connectivity index (χ1v) is 3.06. The third-order valence-corrected chi connectivity index (χ3v) is 1.61. The molecule has 3 nitrogen and oxygen atoms in total. The molecule has 9 heavy (non-hydrogen) atoms. The molecule has 0 aromatic heterocycles. The Morgan fingerprint density at radius 2 is 2.00 bits per heavy atom. The van der Waals surface area contributed by atoms with Gasteiger partial charge in [-0.1, -0.05) is 6.92 Å². The number of hydrogen-bond donors (Lipinski definition) is 3. The minimum atomic E-state index is -1.14. The highest BCUT2D eigenvalue weighted by molar-refractivity contribution is 4.78. The van der Waals surface area contributed by atoms with Gasteiger partial charge < -0.3 is 15.3 Å². The zero-order chi connectivity index (χ0) is 7.49. The van der Waals surface area contributed by atoms with Gasteiger partial charge >= 0.3 is 0 Å². The maximum atomic E-state index is 9.18. The first kappa shape index (κ1) is 8.88. The van der Waals surface area contributed by atoms with Crippen LogP contribution in [0.15, 0.2) is 0 Å². The van der Waals surface area contributed by atoms with E-state index in [0.29, 0.717) is 6.42 Å². The Morgan fingerprint density at radius 1 is 1.56 bits per heavy atom. The van der Waals surface area contributed by atoms with E-state index in [2.05, 4.69) is 0 Å². The zero-order valence-electron chi connectivity index (χ0n) is 5.83. The van der Waals surface area contributed by atoms with Crippen molar-refractivity contribution in [3.63, 3.8) is 0 Å². The SMILES string of the molecule is CCC(C)(O)C(O)CO. The Hall–Kier alpha value is -0.120. The summed E-state index contributed by atoms with van der Waals surface area (Å²) in [6.07, 6.45) is -0.586. The van der Waals surface area contributed by atoms with Crippen molar-refractivity contribution in [1.29, 1.82) is 0 Å². The molecule has 0 aliphatic carbocycles. The molecule has 0 bridgehead atoms. The largest absolute Gasteiger partial charge is 0.394 e. The van der Waals surface area contributed by atoms with E-state index in [-0.39, 0.29) is 6.61 Å². The molecule has 2 unspecified atom stereocenters. The van der Waals surface area contributed by atoms with E-state index in [9.17, 15) is 5.11 Å². The lowest BCUT2D eigenvalue weighted by Gasteiger charge is -2.25. The summed E-state index contributed by atoms with van der Waals surface area (Å²) in [4.78, 5) is 0. The van der Waals surface area contributed by atoms with E-state index in [1.165, 1.54) is 6.92 Å². The van der Waals surface area contributed by atoms with Crippen LogP contribution in [-0.4, -0.2) is 33.6 Å². The van der Waals surface area contributed by atoms with E-state index in [1.807, 2.05) is 0 Å². The molecular formula is C6H14O3. The summed E-state index contributed by atoms with van der Waals surface area (Å²) >= 11 is 0. The molecule has 0 aliphatic rings. The van der Waals surface area contributed by atoms with Crippen molar-refractivity contribution in [1.82, 2.24) is 0 Å². The molecule has 0 spiro atoms. The van der Waals surface area contributed by atoms with E-state index < -0.39 is 11.7 Å². The van der Waals surface area contributed by atoms with Crippen LogP contribution in [0.5, 0.6) is 0 Å². The monoisotopic (exact) mass is 134 g/mol. The summed E-state index contributed by atoms with van der Waals surface area (Å²) in [5.74, 6) is 0. The molecule has 3 heteroatoms. The fourth-order valence-electron chi connectivity index (χ4n) is 0.432. The summed E-state index contributed by atoms with van der Waals surface area (Å²) in [6, 6.07) is 0. The van der Waals surface area contributed by atoms with E-state index in [1.54, 1.807) is 6.92 Å². The summed E-state index contributed by atoms with van der Waals surface area (Å²) in [5.41, 5.74) is -1.14. The van der Waals surface area contributed by atoms with Crippen molar-refractivity contribution in [2.45, 2.75) is 32.0 Å². The van der Waals surface area contributed by atoms with Crippen LogP contribution in [0.4, 0.5) is 0 Å². The van der Waals surface area contributed by atoms with Gasteiger partial charge in [-0.25, -0.2) is 0 Å². The first-order valence-electron chi connectivity index (χ1n) is 3.06. The van der Waals surface area contributed by atoms with E-state index in [0.717, 1.165) is 0 Å². The average Bonchev–Trinajstić information content (AvgIpc) is 1.86. The van der Waals surface area contributed by atoms with Gasteiger partial charge in [0, 0.05) is 0 Å². The third kappa shape index (κ3) is 2.30. The lowest BCUT2D eigenvalue weighted by Crippen LogP contribution is -2.40. The lowest BCUT2D eigenvalue weighted by molar-refractivity contribution is -0.0845. The van der Waals surface area contributed by atoms with E-state index >= 15 is 0 Å². The molecule has 0 radical (unpaired) electrons. The molecule has 56 valence electrons. The third-order valence-electron chi connectivity index (χ3n) is 1.61. The molecule has 0 fully saturated rings. The Labute approximate surface area is 54.9 Å². The zero-order valence-corrected chi connectivity index (χ0v) is 5.83. The molecule has 2 atom stereocenters. The molecule has 0 saturated carbocycles. The van der Waals surface area contributed by atoms with Gasteiger partial charge in [0.05, 0.1) is 12.2 Å². The molecule has 0 aromatic rings. The van der Waals surface area contributed by atoms with Crippen LogP contribution in [0.3, 0.4) is 0 Å². The van der Waals surface area contributed by atoms with Crippen LogP contribution in [-0.2, 0) is 0 Å². The number of hydrogen-bond acceptors (Lipinski definition) is 3. The van der Waals surface area contributed by atoms with Crippen molar-refractivity contribution >= 4 is 0 Å². The molecule has 3 N–H and O–H groups in total. The van der Waals surface area contributed by atoms with Crippen LogP contribution < -0.4 is 0 Å². The van der Waals surface area contributed by atoms with Gasteiger partial charge in [-0.3, -0.25) is 0 Å². The maximum absolute atomic E-state index is 9.18. The summed E-state index contributed by atoms with van der Waals surface area (Å²) in [6.45, 7) is 2.85. The van der Waals surface area contributed by atoms with Crippen LogP contribution >= 0.6 is 0 Å². The Balaban J connectivity index is 3.80. The van der Waals surface area contributed by atoms with Gasteiger partial charge in [-0.15, -0.1) is 0 Å². The quantitative estimate of drug-likeness (QED) is 0.487. The highest BCUT2D eigenvalue weighted by Crippen LogP contribution is 2.12. The fraction of sp³-hybridized carbons (Fsp3) is 1.00. The molecular weight excluding hydrogens is 120 g/mol. The van der Waals surface area contributed by atoms with Gasteiger partial charge in [0.1, 0.15) is 6.10 Å². The Morgan fingerprint density at radius 3 is 2.11 bits per heavy atom. The van der Waals surface area contributed by atoms with Crippen molar-refractivity contribution in [2.75, 3.05) is 6.61 Å². The lowest BCUT2D eigenvalue weighted by atomic mass is 9.97. The summed E-state index contributed by atoms with van der Waals surface area (Å²) in [7, 11) is 0. The summed E-state index contributed by atoms with van der Waals surface area (Å²) in [5, 5.41) is 26.5. The van der Waals surface area contributed by atoms with Crippen molar-refractivity contribution in [2.24, 2.45) is 0 Å². The van der Waals surface area contributed by atoms with Crippen LogP contribution in [0.2, 0.25) is 0 Å². The van der Waals surface area contributed by atoms with Gasteiger partial charge in [0.2, 0.25) is 0 Å². The normalized spacial score (nSPS) is 21.0. The molecule has 0 saturated heterocycles. The fourth-order valence-corrected chi connectivity index (χ4v) is 0.432. The number of rotatable bonds is 3. The maximum Gasteiger partial charge on any atom is 0.105 e. The molecule has 0 aliphatic heterocycles. The van der Waals surface area contributed by atoms with Crippen molar-refractivity contribution in [3.05, 3.63) is 0 Å². The average molecular weight is 134 g/mol. The first-order chi connectivity index (χ1) is 4.04. The highest BCUT2D eigenvalue weighted by atomic mass is 16.4. The van der Waals surface area contributed by atoms with Gasteiger partial charge in [0.25, 0.3) is 0 Å². The predicted octanol–water partition coefficient (Wildman–Crippen LogP) is -0.499. The Bertz CT molecular complexity index is 80.4. The van der Waals surface area contributed by atoms with Crippen LogP contribution in [0, 0.1) is 0 Å². The second kappa shape index (κ2) is 3.15. The second-order valence-electron chi connectivity index (χ2n) is 2.41. The highest BCUT2D eigenvalue weighted by Gasteiger charge is 2.26. The van der Waals surface area contributed by atoms with Crippen molar-refractivity contribution < 1.29 is 15.3 Å². The minimum Gasteiger partial charge on any atom is -0.394 e. The molecule has 0 heterocycles. The predicted molar refractivity (Wildman–Crippen MR) is 34.0 cm³/mol. The van der Waals surface area contributed by atoms with Gasteiger partial charge in [0.15, 0.2) is 0 Å². The molecule has 0 aromatic carbocycles. The van der Waals surface area contributed by atoms with Crippen LogP contribution in [0.1, 0.15) is 20.3 Å². The van der Waals surface area contributed by atoms with Crippen molar-refractivity contribution in [3.8, 4) is 0 Å². The standard InChI is InChI=1S/C6H14O3/c1-3-6(2,9)5(8)4-7/h5,7-9H,3-4H2,1-2H3. The Kier molecular flexibility index (Phi) is 3.11. The minimum absolute atomic E-state index is 0.388. The summed E-state index contributed by atoms with van der Waals surface area (Å²) < 4.78 is 0.